The van der Waals surface area contributed by atoms with Crippen molar-refractivity contribution >= 4 is 0 Å². The van der Waals surface area contributed by atoms with Crippen molar-refractivity contribution in [3.63, 3.8) is 0 Å². The predicted molar refractivity (Wildman–Crippen MR) is 81.3 cm³/mol. The molecule has 0 saturated heterocycles. The molecule has 2 saturated carbocycles. The molecule has 1 aromatic carbocycles. The van der Waals surface area contributed by atoms with Gasteiger partial charge in [-0.1, -0.05) is 50.5 Å². The first kappa shape index (κ1) is 13.2. The van der Waals surface area contributed by atoms with E-state index in [1.807, 2.05) is 0 Å². The van der Waals surface area contributed by atoms with E-state index in [2.05, 4.69) is 36.5 Å². The van der Waals surface area contributed by atoms with Crippen LogP contribution in [-0.2, 0) is 6.54 Å². The molecule has 0 unspecified atom stereocenters. The Morgan fingerprint density at radius 3 is 2.58 bits per heavy atom. The SMILES string of the molecule is CC1(CNCc2ccccc2C2CC2)CCCCC1. The highest BCUT2D eigenvalue weighted by molar-refractivity contribution is 5.33. The molecule has 0 radical (unpaired) electrons. The number of nitrogens with one attached hydrogen (secondary N) is 1. The molecule has 0 amide bonds. The largest absolute Gasteiger partial charge is 0.312 e. The van der Waals surface area contributed by atoms with Gasteiger partial charge in [-0.3, -0.25) is 0 Å². The van der Waals surface area contributed by atoms with Crippen molar-refractivity contribution in [2.75, 3.05) is 6.54 Å². The van der Waals surface area contributed by atoms with Gasteiger partial charge < -0.3 is 5.32 Å². The third kappa shape index (κ3) is 3.39. The molecule has 0 atom stereocenters. The normalized spacial score (nSPS) is 22.4. The summed E-state index contributed by atoms with van der Waals surface area (Å²) in [5, 5.41) is 3.73. The third-order valence-corrected chi connectivity index (χ3v) is 5.00. The fourth-order valence-corrected chi connectivity index (χ4v) is 3.57. The van der Waals surface area contributed by atoms with Gasteiger partial charge in [-0.05, 0) is 48.1 Å². The summed E-state index contributed by atoms with van der Waals surface area (Å²) in [7, 11) is 0. The van der Waals surface area contributed by atoms with Gasteiger partial charge in [-0.15, -0.1) is 0 Å². The van der Waals surface area contributed by atoms with Crippen LogP contribution in [0.25, 0.3) is 0 Å². The first-order valence-electron chi connectivity index (χ1n) is 8.05. The Morgan fingerprint density at radius 1 is 1.11 bits per heavy atom. The molecule has 0 bridgehead atoms. The van der Waals surface area contributed by atoms with Crippen LogP contribution in [-0.4, -0.2) is 6.54 Å². The van der Waals surface area contributed by atoms with E-state index >= 15 is 0 Å². The summed E-state index contributed by atoms with van der Waals surface area (Å²) in [6.07, 6.45) is 9.91. The number of benzene rings is 1. The molecule has 2 aliphatic carbocycles. The van der Waals surface area contributed by atoms with Crippen LogP contribution in [0.15, 0.2) is 24.3 Å². The van der Waals surface area contributed by atoms with E-state index in [-0.39, 0.29) is 0 Å². The lowest BCUT2D eigenvalue weighted by Crippen LogP contribution is -2.33. The maximum atomic E-state index is 3.73. The molecule has 1 nitrogen and oxygen atoms in total. The monoisotopic (exact) mass is 257 g/mol. The first-order chi connectivity index (χ1) is 9.27. The maximum Gasteiger partial charge on any atom is 0.0208 e. The average Bonchev–Trinajstić information content (AvgIpc) is 3.24. The Balaban J connectivity index is 1.54. The number of hydrogen-bond acceptors (Lipinski definition) is 1. The van der Waals surface area contributed by atoms with Gasteiger partial charge in [0.1, 0.15) is 0 Å². The van der Waals surface area contributed by atoms with Crippen LogP contribution >= 0.6 is 0 Å². The van der Waals surface area contributed by atoms with E-state index in [1.54, 1.807) is 5.56 Å². The summed E-state index contributed by atoms with van der Waals surface area (Å²) in [4.78, 5) is 0. The van der Waals surface area contributed by atoms with Crippen LogP contribution in [0, 0.1) is 5.41 Å². The fourth-order valence-electron chi connectivity index (χ4n) is 3.57. The second-order valence-corrected chi connectivity index (χ2v) is 6.95. The second-order valence-electron chi connectivity index (χ2n) is 6.95. The van der Waals surface area contributed by atoms with Crippen molar-refractivity contribution < 1.29 is 0 Å². The molecule has 1 aromatic rings. The molecule has 1 N–H and O–H groups in total. The summed E-state index contributed by atoms with van der Waals surface area (Å²) in [6, 6.07) is 9.02. The van der Waals surface area contributed by atoms with Gasteiger partial charge in [0.15, 0.2) is 0 Å². The Bertz CT molecular complexity index is 413. The van der Waals surface area contributed by atoms with Crippen LogP contribution in [0.5, 0.6) is 0 Å². The summed E-state index contributed by atoms with van der Waals surface area (Å²) in [6.45, 7) is 4.71. The van der Waals surface area contributed by atoms with Gasteiger partial charge >= 0.3 is 0 Å². The molecule has 104 valence electrons. The smallest absolute Gasteiger partial charge is 0.0208 e. The van der Waals surface area contributed by atoms with Crippen molar-refractivity contribution in [3.8, 4) is 0 Å². The van der Waals surface area contributed by atoms with Crippen LogP contribution in [0.1, 0.15) is 68.9 Å². The lowest BCUT2D eigenvalue weighted by molar-refractivity contribution is 0.207. The van der Waals surface area contributed by atoms with Gasteiger partial charge in [0.2, 0.25) is 0 Å². The van der Waals surface area contributed by atoms with E-state index in [9.17, 15) is 0 Å². The zero-order valence-corrected chi connectivity index (χ0v) is 12.3. The summed E-state index contributed by atoms with van der Waals surface area (Å²) < 4.78 is 0. The van der Waals surface area contributed by atoms with Gasteiger partial charge in [0.25, 0.3) is 0 Å². The topological polar surface area (TPSA) is 12.0 Å². The minimum atomic E-state index is 0.548. The molecular weight excluding hydrogens is 230 g/mol. The molecule has 1 heteroatoms. The van der Waals surface area contributed by atoms with Gasteiger partial charge in [0, 0.05) is 13.1 Å². The predicted octanol–water partition coefficient (Wildman–Crippen LogP) is 4.62. The highest BCUT2D eigenvalue weighted by Crippen LogP contribution is 2.41. The van der Waals surface area contributed by atoms with Gasteiger partial charge in [0.05, 0.1) is 0 Å². The molecule has 0 heterocycles. The van der Waals surface area contributed by atoms with Crippen molar-refractivity contribution in [1.82, 2.24) is 5.32 Å². The molecular formula is C18H27N. The number of rotatable bonds is 5. The van der Waals surface area contributed by atoms with Gasteiger partial charge in [-0.25, -0.2) is 0 Å². The zero-order chi connectivity index (χ0) is 13.1. The van der Waals surface area contributed by atoms with Crippen molar-refractivity contribution in [2.45, 2.75) is 64.3 Å². The van der Waals surface area contributed by atoms with Crippen LogP contribution in [0.3, 0.4) is 0 Å². The average molecular weight is 257 g/mol. The third-order valence-electron chi connectivity index (χ3n) is 5.00. The standard InChI is InChI=1S/C18H27N/c1-18(11-5-2-6-12-18)14-19-13-16-7-3-4-8-17(16)15-9-10-15/h3-4,7-8,15,19H,2,5-6,9-14H2,1H3. The summed E-state index contributed by atoms with van der Waals surface area (Å²) in [5.41, 5.74) is 3.68. The quantitative estimate of drug-likeness (QED) is 0.811. The first-order valence-corrected chi connectivity index (χ1v) is 8.05. The Hall–Kier alpha value is -0.820. The Morgan fingerprint density at radius 2 is 1.84 bits per heavy atom. The van der Waals surface area contributed by atoms with E-state index in [0.29, 0.717) is 5.41 Å². The minimum absolute atomic E-state index is 0.548. The molecule has 2 aliphatic rings. The minimum Gasteiger partial charge on any atom is -0.312 e. The van der Waals surface area contributed by atoms with Crippen molar-refractivity contribution in [2.24, 2.45) is 5.41 Å². The fraction of sp³-hybridized carbons (Fsp3) is 0.667. The molecule has 3 rings (SSSR count). The Labute approximate surface area is 117 Å². The second kappa shape index (κ2) is 5.66. The maximum absolute atomic E-state index is 3.73. The van der Waals surface area contributed by atoms with E-state index in [0.717, 1.165) is 12.5 Å². The Kier molecular flexibility index (Phi) is 3.93. The molecule has 0 aliphatic heterocycles. The van der Waals surface area contributed by atoms with E-state index in [4.69, 9.17) is 0 Å². The van der Waals surface area contributed by atoms with E-state index in [1.165, 1.54) is 57.1 Å². The van der Waals surface area contributed by atoms with Crippen molar-refractivity contribution in [3.05, 3.63) is 35.4 Å². The molecule has 0 spiro atoms. The van der Waals surface area contributed by atoms with Crippen LogP contribution in [0.4, 0.5) is 0 Å². The van der Waals surface area contributed by atoms with E-state index < -0.39 is 0 Å². The van der Waals surface area contributed by atoms with Crippen molar-refractivity contribution in [1.29, 1.82) is 0 Å². The zero-order valence-electron chi connectivity index (χ0n) is 12.3. The lowest BCUT2D eigenvalue weighted by Gasteiger charge is -2.34. The highest BCUT2D eigenvalue weighted by atomic mass is 14.9. The van der Waals surface area contributed by atoms with Gasteiger partial charge in [-0.2, -0.15) is 0 Å². The summed E-state index contributed by atoms with van der Waals surface area (Å²) in [5.74, 6) is 0.864. The van der Waals surface area contributed by atoms with Crippen LogP contribution < -0.4 is 5.32 Å². The molecule has 0 aromatic heterocycles. The summed E-state index contributed by atoms with van der Waals surface area (Å²) >= 11 is 0. The highest BCUT2D eigenvalue weighted by Gasteiger charge is 2.27. The lowest BCUT2D eigenvalue weighted by atomic mass is 9.76. The number of hydrogen-bond donors (Lipinski definition) is 1. The molecule has 19 heavy (non-hydrogen) atoms. The van der Waals surface area contributed by atoms with Crippen LogP contribution in [0.2, 0.25) is 0 Å². The molecule has 2 fully saturated rings.